The minimum Gasteiger partial charge on any atom is -0.329 e. The predicted molar refractivity (Wildman–Crippen MR) is 70.5 cm³/mol. The highest BCUT2D eigenvalue weighted by atomic mass is 15.2. The Labute approximate surface area is 101 Å². The first-order valence-corrected chi connectivity index (χ1v) is 6.54. The first-order valence-electron chi connectivity index (χ1n) is 6.54. The molecule has 1 fully saturated rings. The molecule has 1 heterocycles. The molecule has 1 aliphatic heterocycles. The first kappa shape index (κ1) is 13.9. The Morgan fingerprint density at radius 1 is 1.31 bits per heavy atom. The van der Waals surface area contributed by atoms with Crippen LogP contribution in [0.4, 0.5) is 0 Å². The van der Waals surface area contributed by atoms with E-state index in [9.17, 15) is 0 Å². The molecule has 0 spiro atoms. The van der Waals surface area contributed by atoms with E-state index in [2.05, 4.69) is 38.0 Å². The van der Waals surface area contributed by atoms with E-state index in [1.165, 1.54) is 19.4 Å². The van der Waals surface area contributed by atoms with Crippen molar-refractivity contribution >= 4 is 0 Å². The molecule has 0 aromatic carbocycles. The van der Waals surface area contributed by atoms with Crippen molar-refractivity contribution in [2.45, 2.75) is 39.7 Å². The smallest absolute Gasteiger partial charge is 0.0195 e. The molecule has 2 atom stereocenters. The van der Waals surface area contributed by atoms with Crippen LogP contribution in [0, 0.1) is 11.3 Å². The number of likely N-dealkylation sites (N-methyl/N-ethyl adjacent to an activating group) is 1. The normalized spacial score (nSPS) is 28.3. The number of hydrogen-bond acceptors (Lipinski definition) is 3. The Balaban J connectivity index is 2.50. The zero-order chi connectivity index (χ0) is 12.2. The van der Waals surface area contributed by atoms with Crippen molar-refractivity contribution in [1.82, 2.24) is 10.2 Å². The molecule has 0 aromatic rings. The predicted octanol–water partition coefficient (Wildman–Crippen LogP) is 1.29. The second kappa shape index (κ2) is 5.99. The van der Waals surface area contributed by atoms with Crippen LogP contribution < -0.4 is 11.1 Å². The van der Waals surface area contributed by atoms with Gasteiger partial charge in [0.2, 0.25) is 0 Å². The number of nitrogens with two attached hydrogens (primary N) is 1. The second-order valence-corrected chi connectivity index (χ2v) is 6.40. The average molecular weight is 227 g/mol. The lowest BCUT2D eigenvalue weighted by molar-refractivity contribution is 0.119. The van der Waals surface area contributed by atoms with Gasteiger partial charge in [-0.1, -0.05) is 20.8 Å². The molecule has 0 aliphatic carbocycles. The summed E-state index contributed by atoms with van der Waals surface area (Å²) in [6, 6.07) is 0.646. The number of likely N-dealkylation sites (tertiary alicyclic amines) is 1. The zero-order valence-corrected chi connectivity index (χ0v) is 11.4. The monoisotopic (exact) mass is 227 g/mol. The molecule has 96 valence electrons. The van der Waals surface area contributed by atoms with Crippen LogP contribution in [0.3, 0.4) is 0 Å². The lowest BCUT2D eigenvalue weighted by Crippen LogP contribution is -2.50. The maximum atomic E-state index is 5.66. The van der Waals surface area contributed by atoms with Gasteiger partial charge >= 0.3 is 0 Å². The molecule has 3 heteroatoms. The fourth-order valence-corrected chi connectivity index (χ4v) is 2.89. The molecule has 1 rings (SSSR count). The number of nitrogens with zero attached hydrogens (tertiary/aromatic N) is 1. The van der Waals surface area contributed by atoms with E-state index in [1.807, 2.05) is 0 Å². The van der Waals surface area contributed by atoms with Gasteiger partial charge in [0.05, 0.1) is 0 Å². The van der Waals surface area contributed by atoms with Crippen LogP contribution in [0.2, 0.25) is 0 Å². The molecule has 0 amide bonds. The van der Waals surface area contributed by atoms with Crippen molar-refractivity contribution in [1.29, 1.82) is 0 Å². The summed E-state index contributed by atoms with van der Waals surface area (Å²) in [4.78, 5) is 2.51. The van der Waals surface area contributed by atoms with Gasteiger partial charge in [0, 0.05) is 32.2 Å². The van der Waals surface area contributed by atoms with Gasteiger partial charge in [-0.2, -0.15) is 0 Å². The van der Waals surface area contributed by atoms with Crippen LogP contribution in [0.5, 0.6) is 0 Å². The largest absolute Gasteiger partial charge is 0.329 e. The lowest BCUT2D eigenvalue weighted by atomic mass is 9.80. The third-order valence-corrected chi connectivity index (χ3v) is 3.37. The van der Waals surface area contributed by atoms with Crippen molar-refractivity contribution in [3.8, 4) is 0 Å². The minimum absolute atomic E-state index is 0.439. The van der Waals surface area contributed by atoms with Gasteiger partial charge in [-0.25, -0.2) is 0 Å². The van der Waals surface area contributed by atoms with E-state index < -0.39 is 0 Å². The molecule has 0 saturated carbocycles. The fraction of sp³-hybridized carbons (Fsp3) is 1.00. The molecular weight excluding hydrogens is 198 g/mol. The van der Waals surface area contributed by atoms with Gasteiger partial charge in [-0.05, 0) is 31.2 Å². The third kappa shape index (κ3) is 4.81. The highest BCUT2D eigenvalue weighted by molar-refractivity contribution is 4.84. The Morgan fingerprint density at radius 3 is 2.50 bits per heavy atom. The maximum Gasteiger partial charge on any atom is 0.0195 e. The van der Waals surface area contributed by atoms with E-state index >= 15 is 0 Å². The highest BCUT2D eigenvalue weighted by Gasteiger charge is 2.28. The lowest BCUT2D eigenvalue weighted by Gasteiger charge is -2.39. The topological polar surface area (TPSA) is 41.3 Å². The Bertz CT molecular complexity index is 198. The summed E-state index contributed by atoms with van der Waals surface area (Å²) in [6.45, 7) is 11.2. The summed E-state index contributed by atoms with van der Waals surface area (Å²) < 4.78 is 0. The van der Waals surface area contributed by atoms with Crippen LogP contribution in [-0.2, 0) is 0 Å². The summed E-state index contributed by atoms with van der Waals surface area (Å²) in [7, 11) is 2.07. The Kier molecular flexibility index (Phi) is 5.22. The molecular formula is C13H29N3. The first-order chi connectivity index (χ1) is 7.44. The molecule has 0 aromatic heterocycles. The van der Waals surface area contributed by atoms with Gasteiger partial charge in [-0.15, -0.1) is 0 Å². The van der Waals surface area contributed by atoms with Crippen molar-refractivity contribution in [3.63, 3.8) is 0 Å². The highest BCUT2D eigenvalue weighted by Crippen LogP contribution is 2.30. The summed E-state index contributed by atoms with van der Waals surface area (Å²) in [6.07, 6.45) is 2.63. The Morgan fingerprint density at radius 2 is 2.00 bits per heavy atom. The molecule has 16 heavy (non-hydrogen) atoms. The van der Waals surface area contributed by atoms with E-state index in [1.54, 1.807) is 0 Å². The van der Waals surface area contributed by atoms with Crippen LogP contribution >= 0.6 is 0 Å². The summed E-state index contributed by atoms with van der Waals surface area (Å²) in [5.41, 5.74) is 6.10. The molecule has 1 aliphatic rings. The van der Waals surface area contributed by atoms with Crippen molar-refractivity contribution in [2.24, 2.45) is 17.1 Å². The number of nitrogens with one attached hydrogen (secondary N) is 1. The van der Waals surface area contributed by atoms with Crippen molar-refractivity contribution < 1.29 is 0 Å². The summed E-state index contributed by atoms with van der Waals surface area (Å²) >= 11 is 0. The van der Waals surface area contributed by atoms with E-state index in [-0.39, 0.29) is 0 Å². The van der Waals surface area contributed by atoms with Crippen LogP contribution in [-0.4, -0.2) is 44.2 Å². The van der Waals surface area contributed by atoms with E-state index in [0.29, 0.717) is 11.5 Å². The SMILES string of the molecule is CNC1CC(CC(C)(C)C)CN(CCN)C1. The molecule has 2 unspecified atom stereocenters. The van der Waals surface area contributed by atoms with Gasteiger partial charge in [0.1, 0.15) is 0 Å². The van der Waals surface area contributed by atoms with Gasteiger partial charge in [-0.3, -0.25) is 0 Å². The number of hydrogen-bond donors (Lipinski definition) is 2. The van der Waals surface area contributed by atoms with E-state index in [0.717, 1.165) is 25.6 Å². The second-order valence-electron chi connectivity index (χ2n) is 6.40. The fourth-order valence-electron chi connectivity index (χ4n) is 2.89. The molecule has 0 radical (unpaired) electrons. The van der Waals surface area contributed by atoms with Gasteiger partial charge in [0.25, 0.3) is 0 Å². The summed E-state index contributed by atoms with van der Waals surface area (Å²) in [5.74, 6) is 0.817. The van der Waals surface area contributed by atoms with Gasteiger partial charge < -0.3 is 16.0 Å². The quantitative estimate of drug-likeness (QED) is 0.760. The third-order valence-electron chi connectivity index (χ3n) is 3.37. The van der Waals surface area contributed by atoms with Crippen molar-refractivity contribution in [3.05, 3.63) is 0 Å². The van der Waals surface area contributed by atoms with Crippen LogP contribution in [0.1, 0.15) is 33.6 Å². The van der Waals surface area contributed by atoms with Gasteiger partial charge in [0.15, 0.2) is 0 Å². The molecule has 3 N–H and O–H groups in total. The molecule has 0 bridgehead atoms. The van der Waals surface area contributed by atoms with Crippen molar-refractivity contribution in [2.75, 3.05) is 33.2 Å². The molecule has 3 nitrogen and oxygen atoms in total. The van der Waals surface area contributed by atoms with Crippen LogP contribution in [0.15, 0.2) is 0 Å². The zero-order valence-electron chi connectivity index (χ0n) is 11.4. The minimum atomic E-state index is 0.439. The van der Waals surface area contributed by atoms with Crippen LogP contribution in [0.25, 0.3) is 0 Å². The maximum absolute atomic E-state index is 5.66. The standard InChI is InChI=1S/C13H29N3/c1-13(2,3)8-11-7-12(15-4)10-16(9-11)6-5-14/h11-12,15H,5-10,14H2,1-4H3. The average Bonchev–Trinajstić information content (AvgIpc) is 2.15. The summed E-state index contributed by atoms with van der Waals surface area (Å²) in [5, 5.41) is 3.43. The molecule has 1 saturated heterocycles. The van der Waals surface area contributed by atoms with E-state index in [4.69, 9.17) is 5.73 Å². The Hall–Kier alpha value is -0.120. The number of piperidine rings is 1. The number of rotatable bonds is 4.